The minimum Gasteiger partial charge on any atom is -0.497 e. The SMILES string of the molecule is COc1cccc(-c2nnc(CCCNC3CC3)o2)c1. The molecule has 20 heavy (non-hydrogen) atoms. The van der Waals surface area contributed by atoms with Crippen molar-refractivity contribution in [3.63, 3.8) is 0 Å². The van der Waals surface area contributed by atoms with Crippen molar-refractivity contribution in [2.75, 3.05) is 13.7 Å². The summed E-state index contributed by atoms with van der Waals surface area (Å²) in [5.74, 6) is 2.03. The highest BCUT2D eigenvalue weighted by Crippen LogP contribution is 2.23. The highest BCUT2D eigenvalue weighted by molar-refractivity contribution is 5.55. The Labute approximate surface area is 118 Å². The van der Waals surface area contributed by atoms with Crippen LogP contribution in [0.3, 0.4) is 0 Å². The van der Waals surface area contributed by atoms with Crippen LogP contribution in [0.2, 0.25) is 0 Å². The van der Waals surface area contributed by atoms with Crippen molar-refractivity contribution >= 4 is 0 Å². The Kier molecular flexibility index (Phi) is 3.97. The minimum absolute atomic E-state index is 0.550. The van der Waals surface area contributed by atoms with E-state index in [4.69, 9.17) is 9.15 Å². The highest BCUT2D eigenvalue weighted by atomic mass is 16.5. The Balaban J connectivity index is 1.57. The molecular formula is C15H19N3O2. The molecule has 5 nitrogen and oxygen atoms in total. The molecule has 0 radical (unpaired) electrons. The molecule has 1 N–H and O–H groups in total. The van der Waals surface area contributed by atoms with Gasteiger partial charge in [-0.15, -0.1) is 10.2 Å². The number of nitrogens with one attached hydrogen (secondary N) is 1. The number of nitrogens with zero attached hydrogens (tertiary/aromatic N) is 2. The van der Waals surface area contributed by atoms with Gasteiger partial charge in [-0.05, 0) is 44.0 Å². The van der Waals surface area contributed by atoms with Crippen LogP contribution < -0.4 is 10.1 Å². The van der Waals surface area contributed by atoms with Crippen LogP contribution in [0, 0.1) is 0 Å². The number of methoxy groups -OCH3 is 1. The fourth-order valence-electron chi connectivity index (χ4n) is 2.06. The van der Waals surface area contributed by atoms with E-state index >= 15 is 0 Å². The first-order valence-corrected chi connectivity index (χ1v) is 7.05. The van der Waals surface area contributed by atoms with Gasteiger partial charge in [0.05, 0.1) is 7.11 Å². The number of rotatable bonds is 7. The molecule has 2 aromatic rings. The lowest BCUT2D eigenvalue weighted by atomic mass is 10.2. The zero-order valence-electron chi connectivity index (χ0n) is 11.6. The Morgan fingerprint density at radius 1 is 1.35 bits per heavy atom. The minimum atomic E-state index is 0.550. The largest absolute Gasteiger partial charge is 0.497 e. The molecule has 106 valence electrons. The van der Waals surface area contributed by atoms with Crippen molar-refractivity contribution < 1.29 is 9.15 Å². The number of hydrogen-bond donors (Lipinski definition) is 1. The molecule has 0 bridgehead atoms. The van der Waals surface area contributed by atoms with Gasteiger partial charge in [-0.25, -0.2) is 0 Å². The molecule has 1 aliphatic rings. The maximum Gasteiger partial charge on any atom is 0.247 e. The van der Waals surface area contributed by atoms with Crippen LogP contribution in [-0.2, 0) is 6.42 Å². The van der Waals surface area contributed by atoms with Crippen molar-refractivity contribution in [1.82, 2.24) is 15.5 Å². The highest BCUT2D eigenvalue weighted by Gasteiger charge is 2.19. The predicted molar refractivity (Wildman–Crippen MR) is 75.6 cm³/mol. The molecule has 1 aliphatic carbocycles. The molecule has 1 heterocycles. The summed E-state index contributed by atoms with van der Waals surface area (Å²) in [6, 6.07) is 8.40. The van der Waals surface area contributed by atoms with Gasteiger partial charge >= 0.3 is 0 Å². The van der Waals surface area contributed by atoms with Crippen LogP contribution in [0.15, 0.2) is 28.7 Å². The lowest BCUT2D eigenvalue weighted by Crippen LogP contribution is -2.17. The third kappa shape index (κ3) is 3.36. The quantitative estimate of drug-likeness (QED) is 0.785. The Morgan fingerprint density at radius 3 is 3.05 bits per heavy atom. The molecule has 5 heteroatoms. The van der Waals surface area contributed by atoms with Crippen LogP contribution >= 0.6 is 0 Å². The molecule has 1 aromatic heterocycles. The van der Waals surface area contributed by atoms with Crippen molar-refractivity contribution in [2.24, 2.45) is 0 Å². The molecule has 0 unspecified atom stereocenters. The first-order chi connectivity index (χ1) is 9.85. The summed E-state index contributed by atoms with van der Waals surface area (Å²) in [6.07, 6.45) is 4.48. The molecule has 0 atom stereocenters. The Morgan fingerprint density at radius 2 is 2.25 bits per heavy atom. The topological polar surface area (TPSA) is 60.2 Å². The summed E-state index contributed by atoms with van der Waals surface area (Å²) in [6.45, 7) is 1.02. The van der Waals surface area contributed by atoms with Crippen LogP contribution in [0.4, 0.5) is 0 Å². The summed E-state index contributed by atoms with van der Waals surface area (Å²) in [5, 5.41) is 11.7. The van der Waals surface area contributed by atoms with Crippen molar-refractivity contribution in [1.29, 1.82) is 0 Å². The molecule has 1 aromatic carbocycles. The Bertz CT molecular complexity index is 564. The Hall–Kier alpha value is -1.88. The van der Waals surface area contributed by atoms with Gasteiger partial charge in [0.25, 0.3) is 0 Å². The molecular weight excluding hydrogens is 254 g/mol. The van der Waals surface area contributed by atoms with Crippen LogP contribution in [-0.4, -0.2) is 29.9 Å². The van der Waals surface area contributed by atoms with E-state index in [2.05, 4.69) is 15.5 Å². The number of aryl methyl sites for hydroxylation is 1. The first kappa shape index (κ1) is 13.1. The van der Waals surface area contributed by atoms with Crippen LogP contribution in [0.5, 0.6) is 5.75 Å². The number of hydrogen-bond acceptors (Lipinski definition) is 5. The lowest BCUT2D eigenvalue weighted by Gasteiger charge is -2.00. The standard InChI is InChI=1S/C15H19N3O2/c1-19-13-5-2-4-11(10-13)15-18-17-14(20-15)6-3-9-16-12-7-8-12/h2,4-5,10,12,16H,3,6-9H2,1H3. The van der Waals surface area contributed by atoms with Crippen molar-refractivity contribution in [3.05, 3.63) is 30.2 Å². The zero-order chi connectivity index (χ0) is 13.8. The van der Waals surface area contributed by atoms with Gasteiger partial charge < -0.3 is 14.5 Å². The van der Waals surface area contributed by atoms with Gasteiger partial charge in [-0.1, -0.05) is 6.07 Å². The number of benzene rings is 1. The summed E-state index contributed by atoms with van der Waals surface area (Å²) in [7, 11) is 1.64. The first-order valence-electron chi connectivity index (χ1n) is 7.05. The second-order valence-corrected chi connectivity index (χ2v) is 5.06. The van der Waals surface area contributed by atoms with E-state index in [0.717, 1.165) is 36.7 Å². The third-order valence-corrected chi connectivity index (χ3v) is 3.36. The van der Waals surface area contributed by atoms with E-state index in [1.165, 1.54) is 12.8 Å². The van der Waals surface area contributed by atoms with E-state index < -0.39 is 0 Å². The van der Waals surface area contributed by atoms with E-state index in [1.54, 1.807) is 7.11 Å². The second-order valence-electron chi connectivity index (χ2n) is 5.06. The molecule has 0 amide bonds. The van der Waals surface area contributed by atoms with E-state index in [9.17, 15) is 0 Å². The maximum absolute atomic E-state index is 5.69. The molecule has 3 rings (SSSR count). The van der Waals surface area contributed by atoms with Crippen molar-refractivity contribution in [3.8, 4) is 17.2 Å². The number of ether oxygens (including phenoxy) is 1. The average molecular weight is 273 g/mol. The fraction of sp³-hybridized carbons (Fsp3) is 0.467. The van der Waals surface area contributed by atoms with Gasteiger partial charge in [-0.3, -0.25) is 0 Å². The smallest absolute Gasteiger partial charge is 0.247 e. The summed E-state index contributed by atoms with van der Waals surface area (Å²) in [5.41, 5.74) is 0.888. The van der Waals surface area contributed by atoms with Crippen molar-refractivity contribution in [2.45, 2.75) is 31.7 Å². The zero-order valence-corrected chi connectivity index (χ0v) is 11.6. The molecule has 1 saturated carbocycles. The molecule has 0 aliphatic heterocycles. The van der Waals surface area contributed by atoms with Gasteiger partial charge in [0, 0.05) is 18.0 Å². The van der Waals surface area contributed by atoms with E-state index in [0.29, 0.717) is 11.8 Å². The van der Waals surface area contributed by atoms with Crippen LogP contribution in [0.1, 0.15) is 25.2 Å². The maximum atomic E-state index is 5.69. The summed E-state index contributed by atoms with van der Waals surface area (Å²) in [4.78, 5) is 0. The third-order valence-electron chi connectivity index (χ3n) is 3.36. The lowest BCUT2D eigenvalue weighted by molar-refractivity contribution is 0.414. The molecule has 1 fully saturated rings. The van der Waals surface area contributed by atoms with E-state index in [1.807, 2.05) is 24.3 Å². The molecule has 0 saturated heterocycles. The fourth-order valence-corrected chi connectivity index (χ4v) is 2.06. The monoisotopic (exact) mass is 273 g/mol. The van der Waals surface area contributed by atoms with Gasteiger partial charge in [0.15, 0.2) is 0 Å². The van der Waals surface area contributed by atoms with Gasteiger partial charge in [0.1, 0.15) is 5.75 Å². The molecule has 0 spiro atoms. The van der Waals surface area contributed by atoms with Crippen LogP contribution in [0.25, 0.3) is 11.5 Å². The normalized spacial score (nSPS) is 14.4. The van der Waals surface area contributed by atoms with Gasteiger partial charge in [0.2, 0.25) is 11.8 Å². The number of aromatic nitrogens is 2. The predicted octanol–water partition coefficient (Wildman–Crippen LogP) is 2.43. The summed E-state index contributed by atoms with van der Waals surface area (Å²) >= 11 is 0. The van der Waals surface area contributed by atoms with Gasteiger partial charge in [-0.2, -0.15) is 0 Å². The average Bonchev–Trinajstić information content (AvgIpc) is 3.20. The van der Waals surface area contributed by atoms with E-state index in [-0.39, 0.29) is 0 Å². The second kappa shape index (κ2) is 6.05. The summed E-state index contributed by atoms with van der Waals surface area (Å²) < 4.78 is 10.9.